The second-order valence-electron chi connectivity index (χ2n) is 9.52. The quantitative estimate of drug-likeness (QED) is 0.185. The molecule has 42 heavy (non-hydrogen) atoms. The van der Waals surface area contributed by atoms with Crippen molar-refractivity contribution in [1.29, 1.82) is 0 Å². The summed E-state index contributed by atoms with van der Waals surface area (Å²) in [5.74, 6) is 1.36. The van der Waals surface area contributed by atoms with E-state index in [4.69, 9.17) is 9.72 Å². The number of thioether (sulfide) groups is 1. The minimum absolute atomic E-state index is 0.164. The Balaban J connectivity index is 1.23. The zero-order chi connectivity index (χ0) is 29.1. The lowest BCUT2D eigenvalue weighted by molar-refractivity contribution is -0.153. The molecule has 6 rings (SSSR count). The molecular formula is C30H24F3N7OS. The lowest BCUT2D eigenvalue weighted by atomic mass is 9.98. The SMILES string of the molecule is Cc1c(OCC(F)(F)F)ccnc1Cn1c(SCc2ccc(-c3ccccc3-c3nn[nH]n3)cc2)nc2ccccc21. The Morgan fingerprint density at radius 3 is 2.45 bits per heavy atom. The van der Waals surface area contributed by atoms with E-state index >= 15 is 0 Å². The van der Waals surface area contributed by atoms with E-state index < -0.39 is 12.8 Å². The minimum Gasteiger partial charge on any atom is -0.484 e. The van der Waals surface area contributed by atoms with Gasteiger partial charge in [-0.25, -0.2) is 4.98 Å². The molecule has 0 unspecified atom stereocenters. The number of alkyl halides is 3. The average Bonchev–Trinajstić information content (AvgIpc) is 3.65. The van der Waals surface area contributed by atoms with Gasteiger partial charge < -0.3 is 9.30 Å². The Bertz CT molecular complexity index is 1820. The maximum Gasteiger partial charge on any atom is 0.422 e. The van der Waals surface area contributed by atoms with Crippen LogP contribution in [0.5, 0.6) is 5.75 Å². The van der Waals surface area contributed by atoms with Crippen LogP contribution in [0.15, 0.2) is 90.2 Å². The van der Waals surface area contributed by atoms with Crippen molar-refractivity contribution < 1.29 is 17.9 Å². The topological polar surface area (TPSA) is 94.4 Å². The van der Waals surface area contributed by atoms with Crippen LogP contribution >= 0.6 is 11.8 Å². The van der Waals surface area contributed by atoms with Gasteiger partial charge in [-0.1, -0.05) is 72.4 Å². The fraction of sp³-hybridized carbons (Fsp3) is 0.167. The monoisotopic (exact) mass is 587 g/mol. The highest BCUT2D eigenvalue weighted by atomic mass is 32.2. The number of nitrogens with zero attached hydrogens (tertiary/aromatic N) is 6. The van der Waals surface area contributed by atoms with Crippen LogP contribution in [0.2, 0.25) is 0 Å². The lowest BCUT2D eigenvalue weighted by Gasteiger charge is -2.15. The number of pyridine rings is 1. The van der Waals surface area contributed by atoms with E-state index in [1.54, 1.807) is 18.7 Å². The fourth-order valence-corrected chi connectivity index (χ4v) is 5.60. The number of hydrogen-bond acceptors (Lipinski definition) is 7. The number of fused-ring (bicyclic) bond motifs is 1. The predicted molar refractivity (Wildman–Crippen MR) is 154 cm³/mol. The third-order valence-corrected chi connectivity index (χ3v) is 7.77. The van der Waals surface area contributed by atoms with Crippen molar-refractivity contribution >= 4 is 22.8 Å². The summed E-state index contributed by atoms with van der Waals surface area (Å²) in [5, 5.41) is 15.2. The van der Waals surface area contributed by atoms with Crippen LogP contribution in [0.1, 0.15) is 16.8 Å². The van der Waals surface area contributed by atoms with Crippen LogP contribution in [-0.2, 0) is 12.3 Å². The van der Waals surface area contributed by atoms with Gasteiger partial charge in [-0.3, -0.25) is 4.98 Å². The molecule has 0 radical (unpaired) electrons. The van der Waals surface area contributed by atoms with Gasteiger partial charge in [0.05, 0.1) is 23.3 Å². The van der Waals surface area contributed by atoms with Crippen LogP contribution in [-0.4, -0.2) is 47.9 Å². The van der Waals surface area contributed by atoms with Gasteiger partial charge >= 0.3 is 6.18 Å². The Hall–Kier alpha value is -4.71. The first-order valence-corrected chi connectivity index (χ1v) is 14.0. The predicted octanol–water partition coefficient (Wildman–Crippen LogP) is 6.87. The summed E-state index contributed by atoms with van der Waals surface area (Å²) in [6.45, 7) is 0.704. The van der Waals surface area contributed by atoms with Gasteiger partial charge in [0.1, 0.15) is 5.75 Å². The summed E-state index contributed by atoms with van der Waals surface area (Å²) in [6.07, 6.45) is -2.95. The molecule has 0 spiro atoms. The first kappa shape index (κ1) is 27.5. The normalized spacial score (nSPS) is 11.7. The molecule has 12 heteroatoms. The van der Waals surface area contributed by atoms with E-state index in [1.165, 1.54) is 12.3 Å². The molecule has 0 aliphatic carbocycles. The number of ether oxygens (including phenoxy) is 1. The number of aromatic amines is 1. The van der Waals surface area contributed by atoms with Crippen LogP contribution in [0.25, 0.3) is 33.5 Å². The molecule has 0 fully saturated rings. The van der Waals surface area contributed by atoms with Crippen LogP contribution in [0.3, 0.4) is 0 Å². The maximum absolute atomic E-state index is 12.8. The number of aromatic nitrogens is 7. The molecule has 0 aliphatic heterocycles. The van der Waals surface area contributed by atoms with Crippen LogP contribution in [0, 0.1) is 6.92 Å². The number of tetrazole rings is 1. The Labute approximate surface area is 243 Å². The van der Waals surface area contributed by atoms with Gasteiger partial charge in [0.25, 0.3) is 0 Å². The van der Waals surface area contributed by atoms with Gasteiger partial charge in [0.2, 0.25) is 5.82 Å². The van der Waals surface area contributed by atoms with Crippen LogP contribution in [0.4, 0.5) is 13.2 Å². The molecule has 3 heterocycles. The fourth-order valence-electron chi connectivity index (χ4n) is 4.63. The smallest absolute Gasteiger partial charge is 0.422 e. The lowest BCUT2D eigenvalue weighted by Crippen LogP contribution is -2.20. The molecule has 3 aromatic carbocycles. The van der Waals surface area contributed by atoms with E-state index in [0.717, 1.165) is 38.4 Å². The molecule has 6 aromatic rings. The molecular weight excluding hydrogens is 563 g/mol. The largest absolute Gasteiger partial charge is 0.484 e. The van der Waals surface area contributed by atoms with E-state index in [-0.39, 0.29) is 5.75 Å². The molecule has 3 aromatic heterocycles. The highest BCUT2D eigenvalue weighted by Gasteiger charge is 2.29. The van der Waals surface area contributed by atoms with E-state index in [9.17, 15) is 13.2 Å². The number of H-pyrrole nitrogens is 1. The number of imidazole rings is 1. The van der Waals surface area contributed by atoms with Gasteiger partial charge in [0.15, 0.2) is 11.8 Å². The molecule has 0 atom stereocenters. The molecule has 0 aliphatic rings. The maximum atomic E-state index is 12.8. The van der Waals surface area contributed by atoms with Gasteiger partial charge in [0, 0.05) is 23.1 Å². The highest BCUT2D eigenvalue weighted by molar-refractivity contribution is 7.98. The molecule has 0 saturated carbocycles. The number of nitrogens with one attached hydrogen (secondary N) is 1. The third-order valence-electron chi connectivity index (χ3n) is 6.72. The minimum atomic E-state index is -4.42. The first-order valence-electron chi connectivity index (χ1n) is 13.0. The molecule has 0 saturated heterocycles. The zero-order valence-corrected chi connectivity index (χ0v) is 23.2. The number of para-hydroxylation sites is 2. The number of rotatable bonds is 9. The summed E-state index contributed by atoms with van der Waals surface area (Å²) in [5.41, 5.74) is 6.95. The van der Waals surface area contributed by atoms with Gasteiger partial charge in [-0.05, 0) is 47.0 Å². The van der Waals surface area contributed by atoms with Crippen LogP contribution < -0.4 is 4.74 Å². The average molecular weight is 588 g/mol. The summed E-state index contributed by atoms with van der Waals surface area (Å²) < 4.78 is 45.3. The van der Waals surface area contributed by atoms with Crippen molar-refractivity contribution in [2.45, 2.75) is 30.6 Å². The van der Waals surface area contributed by atoms with Crippen molar-refractivity contribution in [1.82, 2.24) is 35.2 Å². The summed E-state index contributed by atoms with van der Waals surface area (Å²) >= 11 is 1.58. The third kappa shape index (κ3) is 5.98. The highest BCUT2D eigenvalue weighted by Crippen LogP contribution is 2.32. The number of hydrogen-bond donors (Lipinski definition) is 1. The second-order valence-corrected chi connectivity index (χ2v) is 10.5. The van der Waals surface area contributed by atoms with E-state index in [0.29, 0.717) is 29.4 Å². The zero-order valence-electron chi connectivity index (χ0n) is 22.3. The second kappa shape index (κ2) is 11.6. The van der Waals surface area contributed by atoms with E-state index in [1.807, 2.05) is 53.1 Å². The standard InChI is InChI=1S/C30H24F3N7OS/c1-19-25(34-15-14-27(19)41-18-30(31,32)33)16-40-26-9-5-4-8-24(26)35-29(40)42-17-20-10-12-21(13-11-20)22-6-2-3-7-23(22)28-36-38-39-37-28/h2-15H,16-18H2,1H3,(H,36,37,38,39). The number of benzene rings is 3. The molecule has 212 valence electrons. The molecule has 1 N–H and O–H groups in total. The van der Waals surface area contributed by atoms with Crippen molar-refractivity contribution in [2.24, 2.45) is 0 Å². The summed E-state index contributed by atoms with van der Waals surface area (Å²) in [4.78, 5) is 9.30. The first-order chi connectivity index (χ1) is 20.4. The van der Waals surface area contributed by atoms with Crippen molar-refractivity contribution in [3.8, 4) is 28.3 Å². The van der Waals surface area contributed by atoms with E-state index in [2.05, 4.69) is 49.9 Å². The number of halogens is 3. The summed E-state index contributed by atoms with van der Waals surface area (Å²) in [7, 11) is 0. The van der Waals surface area contributed by atoms with Crippen molar-refractivity contribution in [3.63, 3.8) is 0 Å². The molecule has 8 nitrogen and oxygen atoms in total. The summed E-state index contributed by atoms with van der Waals surface area (Å²) in [6, 6.07) is 25.4. The Morgan fingerprint density at radius 2 is 1.69 bits per heavy atom. The Morgan fingerprint density at radius 1 is 0.929 bits per heavy atom. The molecule has 0 amide bonds. The molecule has 0 bridgehead atoms. The van der Waals surface area contributed by atoms with Gasteiger partial charge in [-0.15, -0.1) is 10.2 Å². The van der Waals surface area contributed by atoms with Gasteiger partial charge in [-0.2, -0.15) is 18.4 Å². The Kier molecular flexibility index (Phi) is 7.62. The van der Waals surface area contributed by atoms with Crippen molar-refractivity contribution in [3.05, 3.63) is 102 Å². The van der Waals surface area contributed by atoms with Crippen molar-refractivity contribution in [2.75, 3.05) is 6.61 Å².